The summed E-state index contributed by atoms with van der Waals surface area (Å²) in [5, 5.41) is 2.85. The van der Waals surface area contributed by atoms with Crippen LogP contribution in [-0.2, 0) is 16.0 Å². The summed E-state index contributed by atoms with van der Waals surface area (Å²) >= 11 is 0. The Bertz CT molecular complexity index is 717. The molecule has 0 aliphatic heterocycles. The van der Waals surface area contributed by atoms with Crippen LogP contribution in [0.4, 0.5) is 0 Å². The van der Waals surface area contributed by atoms with Crippen molar-refractivity contribution in [1.82, 2.24) is 15.2 Å². The maximum atomic E-state index is 12.6. The van der Waals surface area contributed by atoms with Crippen molar-refractivity contribution in [3.05, 3.63) is 59.9 Å². The van der Waals surface area contributed by atoms with Gasteiger partial charge in [-0.15, -0.1) is 0 Å². The second kappa shape index (κ2) is 9.56. The molecule has 1 aromatic heterocycles. The first-order chi connectivity index (χ1) is 12.5. The molecule has 138 valence electrons. The van der Waals surface area contributed by atoms with Crippen molar-refractivity contribution in [2.75, 3.05) is 20.7 Å². The van der Waals surface area contributed by atoms with E-state index in [0.717, 1.165) is 17.0 Å². The van der Waals surface area contributed by atoms with E-state index in [1.54, 1.807) is 25.3 Å². The average Bonchev–Trinajstić information content (AvgIpc) is 2.66. The Labute approximate surface area is 154 Å². The monoisotopic (exact) mass is 355 g/mol. The van der Waals surface area contributed by atoms with Gasteiger partial charge in [0.15, 0.2) is 0 Å². The van der Waals surface area contributed by atoms with Gasteiger partial charge in [0, 0.05) is 38.8 Å². The lowest BCUT2D eigenvalue weighted by Crippen LogP contribution is -2.34. The second-order valence-electron chi connectivity index (χ2n) is 6.12. The van der Waals surface area contributed by atoms with Gasteiger partial charge < -0.3 is 15.0 Å². The molecule has 0 aliphatic rings. The molecule has 0 spiro atoms. The first kappa shape index (κ1) is 19.4. The molecule has 1 unspecified atom stereocenters. The SMILES string of the molecule is COc1ccc(C(CC(=O)N(C)CCc2ccccn2)NC(C)=O)cc1. The molecule has 2 rings (SSSR count). The van der Waals surface area contributed by atoms with Crippen LogP contribution in [0.3, 0.4) is 0 Å². The van der Waals surface area contributed by atoms with Gasteiger partial charge in [-0.3, -0.25) is 14.6 Å². The zero-order valence-electron chi connectivity index (χ0n) is 15.4. The standard InChI is InChI=1S/C20H25N3O3/c1-15(24)22-19(16-7-9-18(26-3)10-8-16)14-20(25)23(2)13-11-17-6-4-5-12-21-17/h4-10,12,19H,11,13-14H2,1-3H3,(H,22,24). The number of amides is 2. The van der Waals surface area contributed by atoms with Crippen molar-refractivity contribution >= 4 is 11.8 Å². The van der Waals surface area contributed by atoms with Crippen molar-refractivity contribution in [1.29, 1.82) is 0 Å². The lowest BCUT2D eigenvalue weighted by Gasteiger charge is -2.22. The highest BCUT2D eigenvalue weighted by Crippen LogP contribution is 2.21. The van der Waals surface area contributed by atoms with Crippen LogP contribution in [-0.4, -0.2) is 42.4 Å². The Morgan fingerprint density at radius 2 is 1.92 bits per heavy atom. The second-order valence-corrected chi connectivity index (χ2v) is 6.12. The maximum absolute atomic E-state index is 12.6. The highest BCUT2D eigenvalue weighted by Gasteiger charge is 2.19. The van der Waals surface area contributed by atoms with E-state index in [-0.39, 0.29) is 24.3 Å². The minimum atomic E-state index is -0.372. The Morgan fingerprint density at radius 3 is 2.50 bits per heavy atom. The molecule has 0 saturated carbocycles. The third-order valence-corrected chi connectivity index (χ3v) is 4.13. The molecular weight excluding hydrogens is 330 g/mol. The number of methoxy groups -OCH3 is 1. The van der Waals surface area contributed by atoms with E-state index in [1.165, 1.54) is 6.92 Å². The molecule has 0 aliphatic carbocycles. The number of nitrogens with one attached hydrogen (secondary N) is 1. The van der Waals surface area contributed by atoms with Crippen LogP contribution < -0.4 is 10.1 Å². The lowest BCUT2D eigenvalue weighted by atomic mass is 10.0. The van der Waals surface area contributed by atoms with Crippen molar-refractivity contribution in [2.45, 2.75) is 25.8 Å². The molecular formula is C20H25N3O3. The molecule has 0 radical (unpaired) electrons. The maximum Gasteiger partial charge on any atom is 0.224 e. The molecule has 1 atom stereocenters. The molecule has 0 fully saturated rings. The Balaban J connectivity index is 1.99. The summed E-state index contributed by atoms with van der Waals surface area (Å²) in [6, 6.07) is 12.7. The molecule has 6 heteroatoms. The number of ether oxygens (including phenoxy) is 1. The topological polar surface area (TPSA) is 71.5 Å². The lowest BCUT2D eigenvalue weighted by molar-refractivity contribution is -0.130. The van der Waals surface area contributed by atoms with Crippen LogP contribution in [0.2, 0.25) is 0 Å². The fraction of sp³-hybridized carbons (Fsp3) is 0.350. The van der Waals surface area contributed by atoms with Gasteiger partial charge in [-0.05, 0) is 29.8 Å². The number of hydrogen-bond donors (Lipinski definition) is 1. The van der Waals surface area contributed by atoms with Crippen LogP contribution in [0.1, 0.15) is 30.6 Å². The van der Waals surface area contributed by atoms with E-state index in [4.69, 9.17) is 4.74 Å². The zero-order valence-corrected chi connectivity index (χ0v) is 15.4. The van der Waals surface area contributed by atoms with Gasteiger partial charge in [-0.2, -0.15) is 0 Å². The van der Waals surface area contributed by atoms with Crippen LogP contribution in [0.15, 0.2) is 48.7 Å². The van der Waals surface area contributed by atoms with Gasteiger partial charge in [0.1, 0.15) is 5.75 Å². The van der Waals surface area contributed by atoms with E-state index >= 15 is 0 Å². The molecule has 26 heavy (non-hydrogen) atoms. The highest BCUT2D eigenvalue weighted by atomic mass is 16.5. The number of benzene rings is 1. The van der Waals surface area contributed by atoms with Crippen LogP contribution in [0, 0.1) is 0 Å². The summed E-state index contributed by atoms with van der Waals surface area (Å²) in [4.78, 5) is 30.1. The zero-order chi connectivity index (χ0) is 18.9. The molecule has 2 amide bonds. The number of carbonyl (C=O) groups excluding carboxylic acids is 2. The number of aromatic nitrogens is 1. The number of likely N-dealkylation sites (N-methyl/N-ethyl adjacent to an activating group) is 1. The van der Waals surface area contributed by atoms with Gasteiger partial charge in [0.2, 0.25) is 11.8 Å². The van der Waals surface area contributed by atoms with Gasteiger partial charge in [0.25, 0.3) is 0 Å². The third kappa shape index (κ3) is 5.88. The highest BCUT2D eigenvalue weighted by molar-refractivity contribution is 5.79. The van der Waals surface area contributed by atoms with Crippen molar-refractivity contribution < 1.29 is 14.3 Å². The Morgan fingerprint density at radius 1 is 1.19 bits per heavy atom. The van der Waals surface area contributed by atoms with E-state index in [9.17, 15) is 9.59 Å². The normalized spacial score (nSPS) is 11.5. The molecule has 0 saturated heterocycles. The van der Waals surface area contributed by atoms with Gasteiger partial charge in [-0.1, -0.05) is 18.2 Å². The van der Waals surface area contributed by atoms with E-state index in [1.807, 2.05) is 42.5 Å². The van der Waals surface area contributed by atoms with Crippen LogP contribution in [0.25, 0.3) is 0 Å². The number of carbonyl (C=O) groups is 2. The predicted octanol–water partition coefficient (Wildman–Crippen LogP) is 2.36. The minimum absolute atomic E-state index is 0.0319. The summed E-state index contributed by atoms with van der Waals surface area (Å²) < 4.78 is 5.15. The van der Waals surface area contributed by atoms with Gasteiger partial charge in [-0.25, -0.2) is 0 Å². The largest absolute Gasteiger partial charge is 0.497 e. The molecule has 1 heterocycles. The van der Waals surface area contributed by atoms with Gasteiger partial charge in [0.05, 0.1) is 19.6 Å². The van der Waals surface area contributed by atoms with Crippen molar-refractivity contribution in [2.24, 2.45) is 0 Å². The molecule has 1 N–H and O–H groups in total. The Kier molecular flexibility index (Phi) is 7.14. The third-order valence-electron chi connectivity index (χ3n) is 4.13. The van der Waals surface area contributed by atoms with E-state index < -0.39 is 0 Å². The van der Waals surface area contributed by atoms with Crippen molar-refractivity contribution in [3.8, 4) is 5.75 Å². The summed E-state index contributed by atoms with van der Waals surface area (Å²) in [5.41, 5.74) is 1.81. The fourth-order valence-corrected chi connectivity index (χ4v) is 2.62. The predicted molar refractivity (Wildman–Crippen MR) is 99.7 cm³/mol. The van der Waals surface area contributed by atoms with E-state index in [0.29, 0.717) is 13.0 Å². The first-order valence-electron chi connectivity index (χ1n) is 8.54. The number of hydrogen-bond acceptors (Lipinski definition) is 4. The first-order valence-corrected chi connectivity index (χ1v) is 8.54. The summed E-state index contributed by atoms with van der Waals surface area (Å²) in [5.74, 6) is 0.527. The molecule has 1 aromatic carbocycles. The van der Waals surface area contributed by atoms with E-state index in [2.05, 4.69) is 10.3 Å². The smallest absolute Gasteiger partial charge is 0.224 e. The fourth-order valence-electron chi connectivity index (χ4n) is 2.62. The molecule has 2 aromatic rings. The van der Waals surface area contributed by atoms with Crippen molar-refractivity contribution in [3.63, 3.8) is 0 Å². The summed E-state index contributed by atoms with van der Waals surface area (Å²) in [6.07, 6.45) is 2.63. The van der Waals surface area contributed by atoms with Crippen LogP contribution in [0.5, 0.6) is 5.75 Å². The van der Waals surface area contributed by atoms with Crippen LogP contribution >= 0.6 is 0 Å². The number of pyridine rings is 1. The quantitative estimate of drug-likeness (QED) is 0.789. The number of nitrogens with zero attached hydrogens (tertiary/aromatic N) is 2. The molecule has 6 nitrogen and oxygen atoms in total. The van der Waals surface area contributed by atoms with Gasteiger partial charge >= 0.3 is 0 Å². The summed E-state index contributed by atoms with van der Waals surface area (Å²) in [6.45, 7) is 2.02. The minimum Gasteiger partial charge on any atom is -0.497 e. The molecule has 0 bridgehead atoms. The average molecular weight is 355 g/mol. The number of rotatable bonds is 8. The summed E-state index contributed by atoms with van der Waals surface area (Å²) in [7, 11) is 3.37. The Hall–Kier alpha value is -2.89.